The first-order valence-corrected chi connectivity index (χ1v) is 9.69. The summed E-state index contributed by atoms with van der Waals surface area (Å²) >= 11 is 0. The van der Waals surface area contributed by atoms with Crippen molar-refractivity contribution in [3.8, 4) is 5.75 Å². The fourth-order valence-corrected chi connectivity index (χ4v) is 4.01. The maximum Gasteiger partial charge on any atom is 0.573 e. The third-order valence-corrected chi connectivity index (χ3v) is 5.98. The number of ether oxygens (including phenoxy) is 1. The quantitative estimate of drug-likeness (QED) is 0.601. The van der Waals surface area contributed by atoms with Crippen LogP contribution in [0.4, 0.5) is 13.2 Å². The average Bonchev–Trinajstić information content (AvgIpc) is 2.63. The van der Waals surface area contributed by atoms with Crippen molar-refractivity contribution < 1.29 is 27.8 Å². The molecule has 2 aromatic rings. The van der Waals surface area contributed by atoms with Crippen LogP contribution in [0.2, 0.25) is 0 Å². The molecule has 0 heterocycles. The minimum Gasteiger partial charge on any atom is -0.478 e. The van der Waals surface area contributed by atoms with Gasteiger partial charge in [-0.3, -0.25) is 0 Å². The number of hydrogen-bond donors (Lipinski definition) is 1. The van der Waals surface area contributed by atoms with E-state index in [2.05, 4.69) is 25.2 Å². The minimum absolute atomic E-state index is 0.0895. The van der Waals surface area contributed by atoms with Crippen LogP contribution >= 0.6 is 0 Å². The van der Waals surface area contributed by atoms with Crippen LogP contribution in [0, 0.1) is 0 Å². The molecule has 0 fully saturated rings. The van der Waals surface area contributed by atoms with E-state index in [1.165, 1.54) is 30.3 Å². The lowest BCUT2D eigenvalue weighted by Gasteiger charge is -2.42. The second kappa shape index (κ2) is 7.18. The number of carboxylic acid groups (broad SMARTS) is 1. The highest BCUT2D eigenvalue weighted by molar-refractivity contribution is 5.89. The molecule has 0 bridgehead atoms. The van der Waals surface area contributed by atoms with Crippen LogP contribution in [0.1, 0.15) is 73.1 Å². The van der Waals surface area contributed by atoms with Crippen molar-refractivity contribution in [1.29, 1.82) is 0 Å². The molecule has 1 N–H and O–H groups in total. The Morgan fingerprint density at radius 3 is 1.90 bits per heavy atom. The van der Waals surface area contributed by atoms with Gasteiger partial charge in [-0.25, -0.2) is 4.79 Å². The minimum atomic E-state index is -4.84. The van der Waals surface area contributed by atoms with Crippen molar-refractivity contribution in [1.82, 2.24) is 0 Å². The lowest BCUT2D eigenvalue weighted by Crippen LogP contribution is -2.34. The van der Waals surface area contributed by atoms with Crippen LogP contribution < -0.4 is 4.74 Å². The Morgan fingerprint density at radius 2 is 1.43 bits per heavy atom. The summed E-state index contributed by atoms with van der Waals surface area (Å²) in [6.45, 7) is 12.2. The molecule has 0 amide bonds. The van der Waals surface area contributed by atoms with Crippen LogP contribution in [0.3, 0.4) is 0 Å². The van der Waals surface area contributed by atoms with Crippen LogP contribution in [0.5, 0.6) is 5.75 Å². The molecule has 1 aliphatic rings. The molecule has 1 aliphatic carbocycles. The molecule has 2 aromatic carbocycles. The summed E-state index contributed by atoms with van der Waals surface area (Å²) in [6, 6.07) is 9.13. The molecule has 30 heavy (non-hydrogen) atoms. The van der Waals surface area contributed by atoms with E-state index >= 15 is 0 Å². The molecule has 0 spiro atoms. The van der Waals surface area contributed by atoms with Crippen molar-refractivity contribution in [3.63, 3.8) is 0 Å². The first kappa shape index (κ1) is 21.9. The van der Waals surface area contributed by atoms with Crippen LogP contribution in [0.25, 0.3) is 5.57 Å². The molecule has 0 unspecified atom stereocenters. The number of hydrogen-bond acceptors (Lipinski definition) is 2. The zero-order chi connectivity index (χ0) is 22.5. The SMILES string of the molecule is C=C(c1ccc(C(=O)O)cc1)c1cc2c(cc1OC(F)(F)F)C(C)(C)CCC2(C)C. The number of carboxylic acids is 1. The van der Waals surface area contributed by atoms with Crippen molar-refractivity contribution in [2.45, 2.75) is 57.7 Å². The van der Waals surface area contributed by atoms with Crippen LogP contribution in [-0.2, 0) is 10.8 Å². The molecule has 6 heteroatoms. The van der Waals surface area contributed by atoms with E-state index in [0.29, 0.717) is 11.1 Å². The van der Waals surface area contributed by atoms with E-state index < -0.39 is 12.3 Å². The van der Waals surface area contributed by atoms with Gasteiger partial charge in [-0.05, 0) is 70.2 Å². The van der Waals surface area contributed by atoms with E-state index in [-0.39, 0.29) is 27.7 Å². The molecular formula is C24H25F3O3. The largest absolute Gasteiger partial charge is 0.573 e. The van der Waals surface area contributed by atoms with Gasteiger partial charge in [-0.2, -0.15) is 0 Å². The van der Waals surface area contributed by atoms with Gasteiger partial charge in [0.15, 0.2) is 0 Å². The van der Waals surface area contributed by atoms with E-state index in [1.54, 1.807) is 6.07 Å². The number of aromatic carboxylic acids is 1. The zero-order valence-electron chi connectivity index (χ0n) is 17.5. The lowest BCUT2D eigenvalue weighted by molar-refractivity contribution is -0.274. The van der Waals surface area contributed by atoms with Gasteiger partial charge in [-0.1, -0.05) is 46.4 Å². The fourth-order valence-electron chi connectivity index (χ4n) is 4.01. The Hall–Kier alpha value is -2.76. The average molecular weight is 418 g/mol. The summed E-state index contributed by atoms with van der Waals surface area (Å²) in [6.07, 6.45) is -3.08. The summed E-state index contributed by atoms with van der Waals surface area (Å²) in [7, 11) is 0. The topological polar surface area (TPSA) is 46.5 Å². The second-order valence-corrected chi connectivity index (χ2v) is 9.07. The predicted octanol–water partition coefficient (Wildman–Crippen LogP) is 6.69. The maximum atomic E-state index is 13.2. The van der Waals surface area contributed by atoms with Gasteiger partial charge in [0.1, 0.15) is 5.75 Å². The molecular weight excluding hydrogens is 393 g/mol. The van der Waals surface area contributed by atoms with Crippen molar-refractivity contribution in [2.75, 3.05) is 0 Å². The van der Waals surface area contributed by atoms with Gasteiger partial charge in [0, 0.05) is 5.56 Å². The summed E-state index contributed by atoms with van der Waals surface area (Å²) in [5.41, 5.74) is 2.54. The maximum absolute atomic E-state index is 13.2. The third-order valence-electron chi connectivity index (χ3n) is 5.98. The number of carbonyl (C=O) groups is 1. The van der Waals surface area contributed by atoms with Crippen molar-refractivity contribution in [2.24, 2.45) is 0 Å². The smallest absolute Gasteiger partial charge is 0.478 e. The number of fused-ring (bicyclic) bond motifs is 1. The molecule has 3 nitrogen and oxygen atoms in total. The Kier molecular flexibility index (Phi) is 5.25. The van der Waals surface area contributed by atoms with Crippen LogP contribution in [0.15, 0.2) is 43.0 Å². The zero-order valence-corrected chi connectivity index (χ0v) is 17.5. The van der Waals surface area contributed by atoms with Gasteiger partial charge >= 0.3 is 12.3 Å². The highest BCUT2D eigenvalue weighted by Gasteiger charge is 2.40. The Balaban J connectivity index is 2.19. The van der Waals surface area contributed by atoms with E-state index in [1.807, 2.05) is 13.8 Å². The lowest BCUT2D eigenvalue weighted by atomic mass is 9.62. The molecule has 0 saturated heterocycles. The van der Waals surface area contributed by atoms with E-state index in [0.717, 1.165) is 24.0 Å². The molecule has 0 radical (unpaired) electrons. The predicted molar refractivity (Wildman–Crippen MR) is 110 cm³/mol. The molecule has 3 rings (SSSR count). The molecule has 0 aliphatic heterocycles. The standard InChI is InChI=1S/C24H25F3O3/c1-14(15-6-8-16(9-7-15)21(28)29)17-12-18-19(13-20(17)30-24(25,26)27)23(4,5)11-10-22(18,2)3/h6-9,12-13H,1,10-11H2,2-5H3,(H,28,29). The molecule has 0 atom stereocenters. The van der Waals surface area contributed by atoms with Gasteiger partial charge in [0.05, 0.1) is 5.56 Å². The number of alkyl halides is 3. The number of rotatable bonds is 4. The van der Waals surface area contributed by atoms with Gasteiger partial charge in [0.2, 0.25) is 0 Å². The van der Waals surface area contributed by atoms with Gasteiger partial charge in [0.25, 0.3) is 0 Å². The summed E-state index contributed by atoms with van der Waals surface area (Å²) in [5, 5.41) is 9.07. The van der Waals surface area contributed by atoms with Gasteiger partial charge < -0.3 is 9.84 Å². The summed E-state index contributed by atoms with van der Waals surface area (Å²) < 4.78 is 44.0. The van der Waals surface area contributed by atoms with Crippen molar-refractivity contribution >= 4 is 11.5 Å². The first-order valence-electron chi connectivity index (χ1n) is 9.69. The fraction of sp³-hybridized carbons (Fsp3) is 0.375. The van der Waals surface area contributed by atoms with Crippen molar-refractivity contribution in [3.05, 3.63) is 70.8 Å². The Morgan fingerprint density at radius 1 is 0.967 bits per heavy atom. The Bertz CT molecular complexity index is 1000. The molecule has 0 aromatic heterocycles. The highest BCUT2D eigenvalue weighted by atomic mass is 19.4. The van der Waals surface area contributed by atoms with E-state index in [4.69, 9.17) is 5.11 Å². The van der Waals surface area contributed by atoms with E-state index in [9.17, 15) is 18.0 Å². The monoisotopic (exact) mass is 418 g/mol. The molecule has 0 saturated carbocycles. The number of halogens is 3. The Labute approximate surface area is 174 Å². The first-order chi connectivity index (χ1) is 13.7. The summed E-state index contributed by atoms with van der Waals surface area (Å²) in [4.78, 5) is 11.1. The second-order valence-electron chi connectivity index (χ2n) is 9.07. The normalized spacial score (nSPS) is 17.2. The van der Waals surface area contributed by atoms with Crippen LogP contribution in [-0.4, -0.2) is 17.4 Å². The van der Waals surface area contributed by atoms with Gasteiger partial charge in [-0.15, -0.1) is 13.2 Å². The number of benzene rings is 2. The molecule has 160 valence electrons. The summed E-state index contributed by atoms with van der Waals surface area (Å²) in [5.74, 6) is -1.37. The highest BCUT2D eigenvalue weighted by Crippen LogP contribution is 2.49. The third kappa shape index (κ3) is 4.23.